The standard InChI is InChI=1S/C14H18O5/c1-14(2,3)13(16)19-10-18-12(15)9-17-11-7-5-4-6-8-11/h4-8H,9-10H2,1-3H3. The molecule has 5 heteroatoms. The summed E-state index contributed by atoms with van der Waals surface area (Å²) in [5, 5.41) is 0. The Morgan fingerprint density at radius 3 is 2.26 bits per heavy atom. The third kappa shape index (κ3) is 5.90. The minimum absolute atomic E-state index is 0.225. The Hall–Kier alpha value is -2.04. The number of carbonyl (C=O) groups is 2. The topological polar surface area (TPSA) is 61.8 Å². The quantitative estimate of drug-likeness (QED) is 0.603. The normalized spacial score (nSPS) is 10.7. The van der Waals surface area contributed by atoms with E-state index >= 15 is 0 Å². The number of carbonyl (C=O) groups excluding carboxylic acids is 2. The Morgan fingerprint density at radius 2 is 1.68 bits per heavy atom. The van der Waals surface area contributed by atoms with Gasteiger partial charge in [-0.3, -0.25) is 4.79 Å². The molecule has 5 nitrogen and oxygen atoms in total. The van der Waals surface area contributed by atoms with Gasteiger partial charge in [0.25, 0.3) is 0 Å². The maximum atomic E-state index is 11.4. The van der Waals surface area contributed by atoms with Crippen molar-refractivity contribution < 1.29 is 23.8 Å². The van der Waals surface area contributed by atoms with Crippen LogP contribution >= 0.6 is 0 Å². The number of hydrogen-bond acceptors (Lipinski definition) is 5. The van der Waals surface area contributed by atoms with Crippen molar-refractivity contribution in [3.8, 4) is 5.75 Å². The fourth-order valence-corrected chi connectivity index (χ4v) is 1.07. The monoisotopic (exact) mass is 266 g/mol. The Bertz CT molecular complexity index is 419. The fraction of sp³-hybridized carbons (Fsp3) is 0.429. The molecule has 0 aromatic heterocycles. The number of benzene rings is 1. The summed E-state index contributed by atoms with van der Waals surface area (Å²) in [6.07, 6.45) is 0. The maximum absolute atomic E-state index is 11.4. The molecule has 0 N–H and O–H groups in total. The first-order chi connectivity index (χ1) is 8.89. The van der Waals surface area contributed by atoms with Crippen LogP contribution in [0.4, 0.5) is 0 Å². The molecule has 0 aliphatic rings. The lowest BCUT2D eigenvalue weighted by Gasteiger charge is -2.16. The second kappa shape index (κ2) is 6.78. The van der Waals surface area contributed by atoms with Gasteiger partial charge in [-0.2, -0.15) is 0 Å². The first-order valence-corrected chi connectivity index (χ1v) is 5.90. The van der Waals surface area contributed by atoms with Crippen LogP contribution in [0.25, 0.3) is 0 Å². The van der Waals surface area contributed by atoms with Crippen LogP contribution in [0.3, 0.4) is 0 Å². The third-order valence-electron chi connectivity index (χ3n) is 2.12. The molecule has 1 rings (SSSR count). The Balaban J connectivity index is 2.20. The van der Waals surface area contributed by atoms with Crippen LogP contribution < -0.4 is 4.74 Å². The van der Waals surface area contributed by atoms with Gasteiger partial charge < -0.3 is 14.2 Å². The van der Waals surface area contributed by atoms with E-state index in [4.69, 9.17) is 14.2 Å². The Kier molecular flexibility index (Phi) is 5.36. The molecule has 0 amide bonds. The molecule has 0 saturated carbocycles. The summed E-state index contributed by atoms with van der Waals surface area (Å²) in [5.74, 6) is -0.444. The van der Waals surface area contributed by atoms with Crippen LogP contribution in [-0.4, -0.2) is 25.3 Å². The SMILES string of the molecule is CC(C)(C)C(=O)OCOC(=O)COc1ccccc1. The van der Waals surface area contributed by atoms with E-state index in [0.29, 0.717) is 5.75 Å². The average Bonchev–Trinajstić information content (AvgIpc) is 2.36. The molecule has 1 aromatic rings. The predicted octanol–water partition coefficient (Wildman–Crippen LogP) is 2.16. The average molecular weight is 266 g/mol. The van der Waals surface area contributed by atoms with Crippen LogP contribution in [0.2, 0.25) is 0 Å². The van der Waals surface area contributed by atoms with Gasteiger partial charge in [0.2, 0.25) is 6.79 Å². The molecule has 0 saturated heterocycles. The third-order valence-corrected chi connectivity index (χ3v) is 2.12. The van der Waals surface area contributed by atoms with Gasteiger partial charge in [-0.05, 0) is 32.9 Å². The number of ether oxygens (including phenoxy) is 3. The van der Waals surface area contributed by atoms with Gasteiger partial charge in [-0.25, -0.2) is 4.79 Å². The lowest BCUT2D eigenvalue weighted by Crippen LogP contribution is -2.25. The highest BCUT2D eigenvalue weighted by Crippen LogP contribution is 2.14. The maximum Gasteiger partial charge on any atom is 0.347 e. The summed E-state index contributed by atoms with van der Waals surface area (Å²) in [4.78, 5) is 22.7. The number of hydrogen-bond donors (Lipinski definition) is 0. The van der Waals surface area contributed by atoms with Gasteiger partial charge in [-0.15, -0.1) is 0 Å². The van der Waals surface area contributed by atoms with Crippen molar-refractivity contribution in [2.75, 3.05) is 13.4 Å². The lowest BCUT2D eigenvalue weighted by molar-refractivity contribution is -0.174. The van der Waals surface area contributed by atoms with Crippen LogP contribution in [-0.2, 0) is 19.1 Å². The van der Waals surface area contributed by atoms with Crippen LogP contribution in [0, 0.1) is 5.41 Å². The van der Waals surface area contributed by atoms with Gasteiger partial charge in [-0.1, -0.05) is 18.2 Å². The minimum atomic E-state index is -0.618. The van der Waals surface area contributed by atoms with Crippen molar-refractivity contribution in [1.82, 2.24) is 0 Å². The van der Waals surface area contributed by atoms with Crippen molar-refractivity contribution in [2.24, 2.45) is 5.41 Å². The summed E-state index contributed by atoms with van der Waals surface area (Å²) in [6.45, 7) is 4.53. The molecular formula is C14H18O5. The molecule has 0 bridgehead atoms. The van der Waals surface area contributed by atoms with Crippen LogP contribution in [0.1, 0.15) is 20.8 Å². The van der Waals surface area contributed by atoms with Gasteiger partial charge in [0.15, 0.2) is 6.61 Å². The van der Waals surface area contributed by atoms with E-state index < -0.39 is 24.1 Å². The molecular weight excluding hydrogens is 248 g/mol. The van der Waals surface area contributed by atoms with E-state index in [1.165, 1.54) is 0 Å². The van der Waals surface area contributed by atoms with Gasteiger partial charge in [0, 0.05) is 0 Å². The molecule has 0 fully saturated rings. The molecule has 0 radical (unpaired) electrons. The highest BCUT2D eigenvalue weighted by molar-refractivity contribution is 5.75. The summed E-state index contributed by atoms with van der Waals surface area (Å²) < 4.78 is 14.7. The molecule has 1 aromatic carbocycles. The summed E-state index contributed by atoms with van der Waals surface area (Å²) in [7, 11) is 0. The van der Waals surface area contributed by atoms with E-state index in [1.54, 1.807) is 45.0 Å². The molecule has 0 spiro atoms. The van der Waals surface area contributed by atoms with Crippen molar-refractivity contribution in [1.29, 1.82) is 0 Å². The highest BCUT2D eigenvalue weighted by Gasteiger charge is 2.23. The van der Waals surface area contributed by atoms with E-state index in [0.717, 1.165) is 0 Å². The van der Waals surface area contributed by atoms with E-state index in [9.17, 15) is 9.59 Å². The Labute approximate surface area is 112 Å². The first-order valence-electron chi connectivity index (χ1n) is 5.90. The molecule has 0 aliphatic carbocycles. The fourth-order valence-electron chi connectivity index (χ4n) is 1.07. The second-order valence-corrected chi connectivity index (χ2v) is 4.92. The lowest BCUT2D eigenvalue weighted by atomic mass is 9.98. The summed E-state index contributed by atoms with van der Waals surface area (Å²) in [5.41, 5.74) is -0.618. The molecule has 0 atom stereocenters. The highest BCUT2D eigenvalue weighted by atomic mass is 16.7. The zero-order valence-corrected chi connectivity index (χ0v) is 11.3. The Morgan fingerprint density at radius 1 is 1.05 bits per heavy atom. The van der Waals surface area contributed by atoms with E-state index in [2.05, 4.69) is 0 Å². The van der Waals surface area contributed by atoms with Gasteiger partial charge >= 0.3 is 11.9 Å². The number of rotatable bonds is 5. The molecule has 104 valence electrons. The van der Waals surface area contributed by atoms with Gasteiger partial charge in [0.05, 0.1) is 5.41 Å². The zero-order valence-electron chi connectivity index (χ0n) is 11.3. The minimum Gasteiger partial charge on any atom is -0.482 e. The van der Waals surface area contributed by atoms with Crippen molar-refractivity contribution in [3.05, 3.63) is 30.3 Å². The first kappa shape index (κ1) is 15.0. The van der Waals surface area contributed by atoms with Gasteiger partial charge in [0.1, 0.15) is 5.75 Å². The van der Waals surface area contributed by atoms with Crippen LogP contribution in [0.5, 0.6) is 5.75 Å². The largest absolute Gasteiger partial charge is 0.482 e. The molecule has 0 unspecified atom stereocenters. The molecule has 19 heavy (non-hydrogen) atoms. The molecule has 0 heterocycles. The smallest absolute Gasteiger partial charge is 0.347 e. The van der Waals surface area contributed by atoms with Crippen LogP contribution in [0.15, 0.2) is 30.3 Å². The second-order valence-electron chi connectivity index (χ2n) is 4.92. The van der Waals surface area contributed by atoms with E-state index in [-0.39, 0.29) is 6.61 Å². The summed E-state index contributed by atoms with van der Waals surface area (Å²) in [6, 6.07) is 8.90. The van der Waals surface area contributed by atoms with Crippen molar-refractivity contribution in [3.63, 3.8) is 0 Å². The predicted molar refractivity (Wildman–Crippen MR) is 68.4 cm³/mol. The molecule has 0 aliphatic heterocycles. The van der Waals surface area contributed by atoms with Crippen molar-refractivity contribution in [2.45, 2.75) is 20.8 Å². The number of esters is 2. The number of para-hydroxylation sites is 1. The zero-order chi connectivity index (χ0) is 14.3. The van der Waals surface area contributed by atoms with E-state index in [1.807, 2.05) is 6.07 Å². The summed E-state index contributed by atoms with van der Waals surface area (Å²) >= 11 is 0. The van der Waals surface area contributed by atoms with Crippen molar-refractivity contribution >= 4 is 11.9 Å².